The van der Waals surface area contributed by atoms with E-state index in [1.807, 2.05) is 0 Å². The highest BCUT2D eigenvalue weighted by Crippen LogP contribution is 2.40. The molecule has 0 aliphatic carbocycles. The second-order valence-corrected chi connectivity index (χ2v) is 22.8. The van der Waals surface area contributed by atoms with E-state index in [2.05, 4.69) is 81.6 Å². The van der Waals surface area contributed by atoms with Crippen LogP contribution in [0.25, 0.3) is 0 Å². The van der Waals surface area contributed by atoms with Crippen LogP contribution in [0.1, 0.15) is 94.4 Å². The van der Waals surface area contributed by atoms with E-state index in [0.29, 0.717) is 19.4 Å². The summed E-state index contributed by atoms with van der Waals surface area (Å²) in [6.45, 7) is 29.4. The van der Waals surface area contributed by atoms with Crippen LogP contribution in [0.3, 0.4) is 0 Å². The van der Waals surface area contributed by atoms with Crippen molar-refractivity contribution in [1.82, 2.24) is 0 Å². The number of carbonyl (C=O) groups is 1. The topological polar surface area (TPSA) is 55.8 Å². The van der Waals surface area contributed by atoms with Crippen molar-refractivity contribution in [2.45, 2.75) is 143 Å². The molecule has 32 heavy (non-hydrogen) atoms. The highest BCUT2D eigenvalue weighted by Gasteiger charge is 2.42. The minimum absolute atomic E-state index is 0.0182. The fraction of sp³-hybridized carbons (Fsp3) is 0.962. The molecule has 0 aromatic heterocycles. The van der Waals surface area contributed by atoms with Gasteiger partial charge in [0.2, 0.25) is 0 Å². The monoisotopic (exact) mass is 488 g/mol. The second kappa shape index (κ2) is 12.6. The van der Waals surface area contributed by atoms with Gasteiger partial charge >= 0.3 is 0 Å². The van der Waals surface area contributed by atoms with Gasteiger partial charge < -0.3 is 18.8 Å². The summed E-state index contributed by atoms with van der Waals surface area (Å²) in [5.41, 5.74) is 0. The average Bonchev–Trinajstić information content (AvgIpc) is 2.60. The number of aliphatic hydroxyl groups is 1. The van der Waals surface area contributed by atoms with Crippen LogP contribution in [0.2, 0.25) is 36.3 Å². The van der Waals surface area contributed by atoms with Crippen LogP contribution in [0.5, 0.6) is 0 Å². The maximum Gasteiger partial charge on any atom is 0.192 e. The maximum absolute atomic E-state index is 11.2. The summed E-state index contributed by atoms with van der Waals surface area (Å²) >= 11 is 0. The lowest BCUT2D eigenvalue weighted by atomic mass is 9.90. The molecule has 0 saturated carbocycles. The molecule has 0 fully saturated rings. The Kier molecular flexibility index (Phi) is 12.6. The van der Waals surface area contributed by atoms with Gasteiger partial charge in [-0.2, -0.15) is 0 Å². The molecule has 0 saturated heterocycles. The molecular formula is C26H56O4Si2. The summed E-state index contributed by atoms with van der Waals surface area (Å²) < 4.78 is 13.4. The predicted molar refractivity (Wildman–Crippen MR) is 143 cm³/mol. The summed E-state index contributed by atoms with van der Waals surface area (Å²) in [5, 5.41) is 11.3. The number of hydrogen-bond donors (Lipinski definition) is 1. The summed E-state index contributed by atoms with van der Waals surface area (Å²) in [5.74, 6) is 0.662. The lowest BCUT2D eigenvalue weighted by Crippen LogP contribution is -2.48. The van der Waals surface area contributed by atoms with Gasteiger partial charge in [-0.3, -0.25) is 0 Å². The number of hydrogen-bond acceptors (Lipinski definition) is 4. The summed E-state index contributed by atoms with van der Waals surface area (Å²) in [4.78, 5) is 11.2. The highest BCUT2D eigenvalue weighted by molar-refractivity contribution is 6.74. The van der Waals surface area contributed by atoms with Crippen LogP contribution < -0.4 is 0 Å². The zero-order chi connectivity index (χ0) is 25.5. The van der Waals surface area contributed by atoms with Crippen LogP contribution >= 0.6 is 0 Å². The fourth-order valence-electron chi connectivity index (χ4n) is 3.12. The Hall–Kier alpha value is -0.0162. The van der Waals surface area contributed by atoms with E-state index in [-0.39, 0.29) is 33.8 Å². The molecule has 0 aliphatic rings. The number of rotatable bonds is 14. The first-order valence-corrected chi connectivity index (χ1v) is 18.5. The van der Waals surface area contributed by atoms with E-state index < -0.39 is 22.7 Å². The van der Waals surface area contributed by atoms with Crippen LogP contribution in [-0.4, -0.2) is 46.3 Å². The number of aliphatic hydroxyl groups excluding tert-OH is 1. The normalized spacial score (nSPS) is 17.7. The van der Waals surface area contributed by atoms with Crippen molar-refractivity contribution in [1.29, 1.82) is 0 Å². The Bertz CT molecular complexity index is 561. The molecule has 4 atom stereocenters. The van der Waals surface area contributed by atoms with Crippen LogP contribution in [0.4, 0.5) is 0 Å². The Morgan fingerprint density at radius 1 is 0.875 bits per heavy atom. The van der Waals surface area contributed by atoms with Crippen molar-refractivity contribution in [3.63, 3.8) is 0 Å². The van der Waals surface area contributed by atoms with Crippen LogP contribution in [-0.2, 0) is 13.6 Å². The van der Waals surface area contributed by atoms with E-state index in [1.54, 1.807) is 6.92 Å². The van der Waals surface area contributed by atoms with Gasteiger partial charge in [-0.05, 0) is 68.4 Å². The summed E-state index contributed by atoms with van der Waals surface area (Å²) in [7, 11) is -3.82. The molecule has 0 radical (unpaired) electrons. The van der Waals surface area contributed by atoms with Gasteiger partial charge in [0.25, 0.3) is 0 Å². The largest absolute Gasteiger partial charge is 0.416 e. The number of carbonyl (C=O) groups excluding carboxylic acids is 1. The quantitative estimate of drug-likeness (QED) is 0.202. The van der Waals surface area contributed by atoms with Crippen molar-refractivity contribution in [3.8, 4) is 0 Å². The smallest absolute Gasteiger partial charge is 0.192 e. The zero-order valence-electron chi connectivity index (χ0n) is 23.7. The van der Waals surface area contributed by atoms with Crippen molar-refractivity contribution in [2.24, 2.45) is 11.8 Å². The third kappa shape index (κ3) is 10.9. The first kappa shape index (κ1) is 32.0. The van der Waals surface area contributed by atoms with Crippen molar-refractivity contribution in [2.75, 3.05) is 6.61 Å². The third-order valence-electron chi connectivity index (χ3n) is 7.97. The molecule has 0 aromatic rings. The lowest BCUT2D eigenvalue weighted by molar-refractivity contribution is -0.117. The molecule has 0 amide bonds. The highest BCUT2D eigenvalue weighted by atomic mass is 28.4. The minimum atomic E-state index is -1.98. The standard InChI is InChI=1S/C26H56O4Si2/c1-20(16-14-15-17-22(3)27)23(28)18-24(30-32(12,13)26(7,8)9)21(2)19-29-31(10,11)25(4,5)6/h20-21,23-24,28H,14-19H2,1-13H3/t20-,21-,23+,24-/m0/s1. The predicted octanol–water partition coefficient (Wildman–Crippen LogP) is 7.57. The van der Waals surface area contributed by atoms with Gasteiger partial charge in [-0.15, -0.1) is 0 Å². The molecule has 192 valence electrons. The third-order valence-corrected chi connectivity index (χ3v) is 17.0. The van der Waals surface area contributed by atoms with E-state index in [0.717, 1.165) is 19.3 Å². The number of ketones is 1. The van der Waals surface area contributed by atoms with Gasteiger partial charge in [0.1, 0.15) is 5.78 Å². The Morgan fingerprint density at radius 3 is 1.81 bits per heavy atom. The molecule has 0 aliphatic heterocycles. The first-order chi connectivity index (χ1) is 14.2. The summed E-state index contributed by atoms with van der Waals surface area (Å²) in [6, 6.07) is 0. The fourth-order valence-corrected chi connectivity index (χ4v) is 5.67. The summed E-state index contributed by atoms with van der Waals surface area (Å²) in [6.07, 6.45) is 3.69. The van der Waals surface area contributed by atoms with Crippen LogP contribution in [0, 0.1) is 11.8 Å². The van der Waals surface area contributed by atoms with Gasteiger partial charge in [0.05, 0.1) is 12.2 Å². The van der Waals surface area contributed by atoms with E-state index in [1.165, 1.54) is 0 Å². The zero-order valence-corrected chi connectivity index (χ0v) is 25.7. The van der Waals surface area contributed by atoms with E-state index in [4.69, 9.17) is 8.85 Å². The second-order valence-electron chi connectivity index (χ2n) is 13.2. The Balaban J connectivity index is 5.28. The lowest BCUT2D eigenvalue weighted by Gasteiger charge is -2.43. The Morgan fingerprint density at radius 2 is 1.38 bits per heavy atom. The van der Waals surface area contributed by atoms with Gasteiger partial charge in [0, 0.05) is 18.9 Å². The molecule has 0 spiro atoms. The average molecular weight is 489 g/mol. The Labute approximate surface area is 202 Å². The van der Waals surface area contributed by atoms with Crippen molar-refractivity contribution in [3.05, 3.63) is 0 Å². The SMILES string of the molecule is CC(=O)CCCC[C@H](C)[C@H](O)C[C@H](O[Si](C)(C)C(C)(C)C)[C@@H](C)CO[Si](C)(C)C(C)(C)C. The number of unbranched alkanes of at least 4 members (excludes halogenated alkanes) is 1. The van der Waals surface area contributed by atoms with Gasteiger partial charge in [0.15, 0.2) is 16.6 Å². The molecule has 1 N–H and O–H groups in total. The number of Topliss-reactive ketones (excluding diaryl/α,β-unsaturated/α-hetero) is 1. The van der Waals surface area contributed by atoms with Crippen molar-refractivity contribution < 1.29 is 18.8 Å². The molecule has 0 heterocycles. The minimum Gasteiger partial charge on any atom is -0.416 e. The van der Waals surface area contributed by atoms with E-state index in [9.17, 15) is 9.90 Å². The van der Waals surface area contributed by atoms with Gasteiger partial charge in [-0.1, -0.05) is 61.8 Å². The molecule has 0 aromatic carbocycles. The molecule has 6 heteroatoms. The van der Waals surface area contributed by atoms with Crippen LogP contribution in [0.15, 0.2) is 0 Å². The molecule has 4 nitrogen and oxygen atoms in total. The van der Waals surface area contributed by atoms with Gasteiger partial charge in [-0.25, -0.2) is 0 Å². The van der Waals surface area contributed by atoms with E-state index >= 15 is 0 Å². The molecule has 0 unspecified atom stereocenters. The molecular weight excluding hydrogens is 432 g/mol. The first-order valence-electron chi connectivity index (χ1n) is 12.7. The molecule has 0 rings (SSSR count). The van der Waals surface area contributed by atoms with Crippen molar-refractivity contribution >= 4 is 22.4 Å². The maximum atomic E-state index is 11.2. The molecule has 0 bridgehead atoms.